The van der Waals surface area contributed by atoms with Crippen LogP contribution in [0.15, 0.2) is 103 Å². The molecule has 0 spiro atoms. The van der Waals surface area contributed by atoms with Crippen LogP contribution >= 0.6 is 0 Å². The molecule has 0 aliphatic carbocycles. The Morgan fingerprint density at radius 2 is 1.18 bits per heavy atom. The molecular formula is C25H18F2O. The van der Waals surface area contributed by atoms with E-state index in [1.807, 2.05) is 60.7 Å². The lowest BCUT2D eigenvalue weighted by Gasteiger charge is -2.20. The molecule has 138 valence electrons. The van der Waals surface area contributed by atoms with Gasteiger partial charge in [-0.2, -0.15) is 0 Å². The van der Waals surface area contributed by atoms with Gasteiger partial charge in [0.2, 0.25) is 0 Å². The Hall–Kier alpha value is -3.46. The molecule has 0 N–H and O–H groups in total. The van der Waals surface area contributed by atoms with Crippen LogP contribution in [0.5, 0.6) is 5.75 Å². The molecule has 0 aromatic heterocycles. The predicted molar refractivity (Wildman–Crippen MR) is 107 cm³/mol. The highest BCUT2D eigenvalue weighted by atomic mass is 19.1. The molecule has 0 radical (unpaired) electrons. The Bertz CT molecular complexity index is 1010. The Morgan fingerprint density at radius 1 is 0.607 bits per heavy atom. The van der Waals surface area contributed by atoms with Crippen LogP contribution in [0.1, 0.15) is 17.2 Å². The third-order valence-electron chi connectivity index (χ3n) is 4.55. The molecule has 0 saturated heterocycles. The molecule has 28 heavy (non-hydrogen) atoms. The van der Waals surface area contributed by atoms with Gasteiger partial charge in [0.1, 0.15) is 23.5 Å². The van der Waals surface area contributed by atoms with Gasteiger partial charge in [-0.3, -0.25) is 0 Å². The zero-order valence-corrected chi connectivity index (χ0v) is 15.1. The van der Waals surface area contributed by atoms with Gasteiger partial charge >= 0.3 is 0 Å². The fraction of sp³-hybridized carbons (Fsp3) is 0.0400. The summed E-state index contributed by atoms with van der Waals surface area (Å²) in [5.41, 5.74) is 2.99. The molecule has 0 fully saturated rings. The standard InChI is InChI=1S/C25H18F2O/c26-21-13-11-18(12-14-21)23-16-15-22(17-24(23)27)28-25(19-7-3-1-4-8-19)20-9-5-2-6-10-20/h1-17,25H. The SMILES string of the molecule is Fc1ccc(-c2ccc(OC(c3ccccc3)c3ccccc3)cc2F)cc1. The number of ether oxygens (including phenoxy) is 1. The molecule has 4 rings (SSSR count). The Balaban J connectivity index is 1.66. The van der Waals surface area contributed by atoms with Crippen molar-refractivity contribution in [2.24, 2.45) is 0 Å². The fourth-order valence-electron chi connectivity index (χ4n) is 3.15. The normalized spacial score (nSPS) is 10.8. The van der Waals surface area contributed by atoms with E-state index in [-0.39, 0.29) is 11.9 Å². The van der Waals surface area contributed by atoms with Crippen LogP contribution in [0.4, 0.5) is 8.78 Å². The van der Waals surface area contributed by atoms with Gasteiger partial charge in [0, 0.05) is 11.6 Å². The molecule has 4 aromatic rings. The molecule has 0 saturated carbocycles. The van der Waals surface area contributed by atoms with Gasteiger partial charge in [-0.25, -0.2) is 8.78 Å². The van der Waals surface area contributed by atoms with Crippen molar-refractivity contribution in [3.8, 4) is 16.9 Å². The number of rotatable bonds is 5. The number of hydrogen-bond donors (Lipinski definition) is 0. The molecule has 0 aliphatic rings. The van der Waals surface area contributed by atoms with E-state index in [1.54, 1.807) is 24.3 Å². The molecule has 0 heterocycles. The molecule has 3 heteroatoms. The van der Waals surface area contributed by atoms with Gasteiger partial charge in [0.15, 0.2) is 0 Å². The van der Waals surface area contributed by atoms with Crippen molar-refractivity contribution >= 4 is 0 Å². The lowest BCUT2D eigenvalue weighted by molar-refractivity contribution is 0.246. The summed E-state index contributed by atoms with van der Waals surface area (Å²) in [6, 6.07) is 30.2. The van der Waals surface area contributed by atoms with Crippen molar-refractivity contribution in [1.82, 2.24) is 0 Å². The molecule has 0 aliphatic heterocycles. The van der Waals surface area contributed by atoms with E-state index < -0.39 is 5.82 Å². The summed E-state index contributed by atoms with van der Waals surface area (Å²) in [4.78, 5) is 0. The van der Waals surface area contributed by atoms with Crippen LogP contribution in [-0.4, -0.2) is 0 Å². The molecule has 1 nitrogen and oxygen atoms in total. The fourth-order valence-corrected chi connectivity index (χ4v) is 3.15. The first-order chi connectivity index (χ1) is 13.7. The maximum atomic E-state index is 14.7. The second-order valence-corrected chi connectivity index (χ2v) is 6.47. The van der Waals surface area contributed by atoms with Gasteiger partial charge in [0.05, 0.1) is 0 Å². The summed E-state index contributed by atoms with van der Waals surface area (Å²) in [6.45, 7) is 0. The van der Waals surface area contributed by atoms with Crippen LogP contribution in [0.3, 0.4) is 0 Å². The van der Waals surface area contributed by atoms with Gasteiger partial charge in [0.25, 0.3) is 0 Å². The molecular weight excluding hydrogens is 354 g/mol. The quantitative estimate of drug-likeness (QED) is 0.374. The van der Waals surface area contributed by atoms with E-state index in [4.69, 9.17) is 4.74 Å². The monoisotopic (exact) mass is 372 g/mol. The molecule has 0 atom stereocenters. The summed E-state index contributed by atoms with van der Waals surface area (Å²) in [5.74, 6) is -0.331. The topological polar surface area (TPSA) is 9.23 Å². The van der Waals surface area contributed by atoms with Gasteiger partial charge in [-0.1, -0.05) is 72.8 Å². The van der Waals surface area contributed by atoms with E-state index in [0.717, 1.165) is 11.1 Å². The van der Waals surface area contributed by atoms with Gasteiger partial charge in [-0.05, 0) is 41.0 Å². The first-order valence-corrected chi connectivity index (χ1v) is 9.03. The first kappa shape index (κ1) is 17.9. The Morgan fingerprint density at radius 3 is 1.71 bits per heavy atom. The number of halogens is 2. The average molecular weight is 372 g/mol. The second-order valence-electron chi connectivity index (χ2n) is 6.47. The van der Waals surface area contributed by atoms with Crippen molar-refractivity contribution in [3.05, 3.63) is 126 Å². The van der Waals surface area contributed by atoms with E-state index >= 15 is 0 Å². The van der Waals surface area contributed by atoms with Crippen LogP contribution in [-0.2, 0) is 0 Å². The van der Waals surface area contributed by atoms with Crippen molar-refractivity contribution in [1.29, 1.82) is 0 Å². The zero-order valence-electron chi connectivity index (χ0n) is 15.1. The van der Waals surface area contributed by atoms with Crippen molar-refractivity contribution in [2.45, 2.75) is 6.10 Å². The van der Waals surface area contributed by atoms with Crippen LogP contribution in [0, 0.1) is 11.6 Å². The summed E-state index contributed by atoms with van der Waals surface area (Å²) in [7, 11) is 0. The largest absolute Gasteiger partial charge is 0.481 e. The van der Waals surface area contributed by atoms with E-state index in [1.165, 1.54) is 18.2 Å². The minimum absolute atomic E-state index is 0.349. The average Bonchev–Trinajstić information content (AvgIpc) is 2.74. The second kappa shape index (κ2) is 8.05. The maximum absolute atomic E-state index is 14.7. The third kappa shape index (κ3) is 3.94. The highest BCUT2D eigenvalue weighted by molar-refractivity contribution is 5.65. The van der Waals surface area contributed by atoms with Crippen molar-refractivity contribution in [2.75, 3.05) is 0 Å². The van der Waals surface area contributed by atoms with E-state index in [0.29, 0.717) is 16.9 Å². The summed E-state index contributed by atoms with van der Waals surface area (Å²) in [5, 5.41) is 0. The maximum Gasteiger partial charge on any atom is 0.149 e. The minimum Gasteiger partial charge on any atom is -0.481 e. The van der Waals surface area contributed by atoms with Gasteiger partial charge in [-0.15, -0.1) is 0 Å². The van der Waals surface area contributed by atoms with E-state index in [2.05, 4.69) is 0 Å². The van der Waals surface area contributed by atoms with Crippen LogP contribution in [0.25, 0.3) is 11.1 Å². The molecule has 0 amide bonds. The van der Waals surface area contributed by atoms with Crippen molar-refractivity contribution in [3.63, 3.8) is 0 Å². The summed E-state index contributed by atoms with van der Waals surface area (Å²) >= 11 is 0. The molecule has 0 bridgehead atoms. The third-order valence-corrected chi connectivity index (χ3v) is 4.55. The van der Waals surface area contributed by atoms with Crippen molar-refractivity contribution < 1.29 is 13.5 Å². The molecule has 4 aromatic carbocycles. The Kier molecular flexibility index (Phi) is 5.16. The number of benzene rings is 4. The lowest BCUT2D eigenvalue weighted by Crippen LogP contribution is -2.09. The highest BCUT2D eigenvalue weighted by Crippen LogP contribution is 2.31. The smallest absolute Gasteiger partial charge is 0.149 e. The number of hydrogen-bond acceptors (Lipinski definition) is 1. The zero-order chi connectivity index (χ0) is 19.3. The summed E-state index contributed by atoms with van der Waals surface area (Å²) < 4.78 is 34.0. The predicted octanol–water partition coefficient (Wildman–Crippen LogP) is 6.80. The van der Waals surface area contributed by atoms with Crippen LogP contribution < -0.4 is 4.74 Å². The first-order valence-electron chi connectivity index (χ1n) is 9.03. The van der Waals surface area contributed by atoms with Crippen LogP contribution in [0.2, 0.25) is 0 Å². The molecule has 0 unspecified atom stereocenters. The minimum atomic E-state index is -0.413. The summed E-state index contributed by atoms with van der Waals surface area (Å²) in [6.07, 6.45) is -0.349. The highest BCUT2D eigenvalue weighted by Gasteiger charge is 2.17. The lowest BCUT2D eigenvalue weighted by atomic mass is 10.0. The van der Waals surface area contributed by atoms with E-state index in [9.17, 15) is 8.78 Å². The Labute approximate surface area is 162 Å². The van der Waals surface area contributed by atoms with Gasteiger partial charge < -0.3 is 4.74 Å².